The van der Waals surface area contributed by atoms with Gasteiger partial charge in [-0.05, 0) is 25.0 Å². The van der Waals surface area contributed by atoms with Crippen LogP contribution in [-0.4, -0.2) is 26.3 Å². The van der Waals surface area contributed by atoms with Crippen molar-refractivity contribution in [2.45, 2.75) is 20.8 Å². The summed E-state index contributed by atoms with van der Waals surface area (Å²) in [7, 11) is 0. The van der Waals surface area contributed by atoms with Crippen molar-refractivity contribution >= 4 is 16.9 Å². The molecule has 0 saturated carbocycles. The fourth-order valence-corrected chi connectivity index (χ4v) is 2.34. The molecule has 0 radical (unpaired) electrons. The van der Waals surface area contributed by atoms with Gasteiger partial charge in [0.25, 0.3) is 0 Å². The summed E-state index contributed by atoms with van der Waals surface area (Å²) in [6, 6.07) is 6.53. The van der Waals surface area contributed by atoms with Gasteiger partial charge in [0.15, 0.2) is 5.65 Å². The van der Waals surface area contributed by atoms with Gasteiger partial charge in [-0.3, -0.25) is 0 Å². The first-order chi connectivity index (χ1) is 10.6. The van der Waals surface area contributed by atoms with Crippen LogP contribution in [0.5, 0.6) is 0 Å². The Morgan fingerprint density at radius 2 is 2.00 bits per heavy atom. The molecule has 1 N–H and O–H groups in total. The summed E-state index contributed by atoms with van der Waals surface area (Å²) in [4.78, 5) is 8.59. The van der Waals surface area contributed by atoms with E-state index in [9.17, 15) is 4.39 Å². The Hall–Kier alpha value is -2.50. The van der Waals surface area contributed by atoms with Crippen molar-refractivity contribution in [1.82, 2.24) is 19.7 Å². The lowest BCUT2D eigenvalue weighted by Gasteiger charge is -2.09. The van der Waals surface area contributed by atoms with Crippen LogP contribution in [0.25, 0.3) is 16.7 Å². The van der Waals surface area contributed by atoms with Gasteiger partial charge in [-0.25, -0.2) is 19.0 Å². The lowest BCUT2D eigenvalue weighted by atomic mass is 10.2. The number of nitrogens with one attached hydrogen (secondary N) is 1. The number of aryl methyl sites for hydroxylation is 1. The maximum Gasteiger partial charge on any atom is 0.168 e. The predicted molar refractivity (Wildman–Crippen MR) is 84.7 cm³/mol. The Morgan fingerprint density at radius 1 is 1.23 bits per heavy atom. The fraction of sp³-hybridized carbons (Fsp3) is 0.312. The fourth-order valence-electron chi connectivity index (χ4n) is 2.34. The van der Waals surface area contributed by atoms with E-state index in [0.29, 0.717) is 17.3 Å². The molecule has 0 spiro atoms. The maximum atomic E-state index is 14.0. The highest BCUT2D eigenvalue weighted by atomic mass is 19.1. The first kappa shape index (κ1) is 14.4. The van der Waals surface area contributed by atoms with E-state index in [1.807, 2.05) is 6.92 Å². The summed E-state index contributed by atoms with van der Waals surface area (Å²) in [5.74, 6) is 0.896. The molecular weight excluding hydrogens is 281 g/mol. The van der Waals surface area contributed by atoms with Crippen LogP contribution in [0.2, 0.25) is 0 Å². The van der Waals surface area contributed by atoms with Crippen LogP contribution in [0, 0.1) is 18.7 Å². The normalized spacial score (nSPS) is 11.3. The van der Waals surface area contributed by atoms with Crippen LogP contribution < -0.4 is 5.32 Å². The molecule has 0 aliphatic carbocycles. The Kier molecular flexibility index (Phi) is 3.75. The number of para-hydroxylation sites is 1. The highest BCUT2D eigenvalue weighted by Crippen LogP contribution is 2.26. The standard InChI is InChI=1S/C16H18FN5/c1-10(2)8-18-15-14-11(3)21-22(16(14)20-9-19-15)13-7-5-4-6-12(13)17/h4-7,9-10H,8H2,1-3H3,(H,18,19,20). The molecule has 0 amide bonds. The van der Waals surface area contributed by atoms with Gasteiger partial charge in [-0.1, -0.05) is 26.0 Å². The van der Waals surface area contributed by atoms with Gasteiger partial charge in [0, 0.05) is 6.54 Å². The SMILES string of the molecule is Cc1nn(-c2ccccc2F)c2ncnc(NCC(C)C)c12. The van der Waals surface area contributed by atoms with Crippen molar-refractivity contribution < 1.29 is 4.39 Å². The van der Waals surface area contributed by atoms with Gasteiger partial charge in [0.2, 0.25) is 0 Å². The number of aromatic nitrogens is 4. The van der Waals surface area contributed by atoms with Crippen molar-refractivity contribution in [3.63, 3.8) is 0 Å². The summed E-state index contributed by atoms with van der Waals surface area (Å²) in [5, 5.41) is 8.58. The van der Waals surface area contributed by atoms with Gasteiger partial charge >= 0.3 is 0 Å². The van der Waals surface area contributed by atoms with Crippen molar-refractivity contribution in [3.8, 4) is 5.69 Å². The zero-order chi connectivity index (χ0) is 15.7. The second-order valence-electron chi connectivity index (χ2n) is 5.64. The number of rotatable bonds is 4. The van der Waals surface area contributed by atoms with E-state index in [1.54, 1.807) is 18.2 Å². The average molecular weight is 299 g/mol. The van der Waals surface area contributed by atoms with Crippen LogP contribution in [0.15, 0.2) is 30.6 Å². The number of halogens is 1. The van der Waals surface area contributed by atoms with Crippen LogP contribution in [0.3, 0.4) is 0 Å². The molecule has 5 nitrogen and oxygen atoms in total. The van der Waals surface area contributed by atoms with E-state index < -0.39 is 0 Å². The molecule has 22 heavy (non-hydrogen) atoms. The third kappa shape index (κ3) is 2.52. The summed E-state index contributed by atoms with van der Waals surface area (Å²) < 4.78 is 15.6. The Bertz CT molecular complexity index is 809. The Morgan fingerprint density at radius 3 is 2.73 bits per heavy atom. The summed E-state index contributed by atoms with van der Waals surface area (Å²) in [5.41, 5.74) is 1.75. The van der Waals surface area contributed by atoms with E-state index >= 15 is 0 Å². The monoisotopic (exact) mass is 299 g/mol. The number of nitrogens with zero attached hydrogens (tertiary/aromatic N) is 4. The van der Waals surface area contributed by atoms with Crippen LogP contribution in [0.4, 0.5) is 10.2 Å². The molecule has 6 heteroatoms. The molecule has 0 aliphatic heterocycles. The van der Waals surface area contributed by atoms with Gasteiger partial charge in [0.1, 0.15) is 23.6 Å². The maximum absolute atomic E-state index is 14.0. The minimum Gasteiger partial charge on any atom is -0.369 e. The minimum atomic E-state index is -0.331. The third-order valence-corrected chi connectivity index (χ3v) is 3.40. The summed E-state index contributed by atoms with van der Waals surface area (Å²) in [6.07, 6.45) is 1.48. The number of hydrogen-bond donors (Lipinski definition) is 1. The average Bonchev–Trinajstić information content (AvgIpc) is 2.83. The van der Waals surface area contributed by atoms with E-state index in [-0.39, 0.29) is 5.82 Å². The zero-order valence-electron chi connectivity index (χ0n) is 12.8. The van der Waals surface area contributed by atoms with E-state index in [4.69, 9.17) is 0 Å². The second-order valence-corrected chi connectivity index (χ2v) is 5.64. The Labute approximate surface area is 128 Å². The summed E-state index contributed by atoms with van der Waals surface area (Å²) in [6.45, 7) is 6.93. The number of fused-ring (bicyclic) bond motifs is 1. The molecule has 3 rings (SSSR count). The van der Waals surface area contributed by atoms with E-state index in [1.165, 1.54) is 17.1 Å². The molecule has 0 bridgehead atoms. The third-order valence-electron chi connectivity index (χ3n) is 3.40. The minimum absolute atomic E-state index is 0.331. The predicted octanol–water partition coefficient (Wildman–Crippen LogP) is 3.33. The van der Waals surface area contributed by atoms with Crippen molar-refractivity contribution in [3.05, 3.63) is 42.1 Å². The lowest BCUT2D eigenvalue weighted by Crippen LogP contribution is -2.10. The highest BCUT2D eigenvalue weighted by molar-refractivity contribution is 5.90. The van der Waals surface area contributed by atoms with E-state index in [2.05, 4.69) is 34.2 Å². The molecule has 2 aromatic heterocycles. The molecule has 0 atom stereocenters. The quantitative estimate of drug-likeness (QED) is 0.803. The van der Waals surface area contributed by atoms with Gasteiger partial charge in [-0.15, -0.1) is 0 Å². The molecule has 0 aliphatic rings. The highest BCUT2D eigenvalue weighted by Gasteiger charge is 2.16. The van der Waals surface area contributed by atoms with Crippen LogP contribution in [0.1, 0.15) is 19.5 Å². The number of anilines is 1. The molecule has 1 aromatic carbocycles. The van der Waals surface area contributed by atoms with Gasteiger partial charge < -0.3 is 5.32 Å². The molecule has 114 valence electrons. The topological polar surface area (TPSA) is 55.6 Å². The number of benzene rings is 1. The Balaban J connectivity index is 2.15. The molecule has 2 heterocycles. The molecule has 3 aromatic rings. The largest absolute Gasteiger partial charge is 0.369 e. The molecule has 0 fully saturated rings. The molecular formula is C16H18FN5. The molecule has 0 saturated heterocycles. The number of hydrogen-bond acceptors (Lipinski definition) is 4. The van der Waals surface area contributed by atoms with Crippen molar-refractivity contribution in [2.75, 3.05) is 11.9 Å². The smallest absolute Gasteiger partial charge is 0.168 e. The van der Waals surface area contributed by atoms with E-state index in [0.717, 1.165) is 23.4 Å². The first-order valence-electron chi connectivity index (χ1n) is 7.27. The second kappa shape index (κ2) is 5.71. The van der Waals surface area contributed by atoms with Crippen LogP contribution in [-0.2, 0) is 0 Å². The first-order valence-corrected chi connectivity index (χ1v) is 7.27. The van der Waals surface area contributed by atoms with Gasteiger partial charge in [-0.2, -0.15) is 5.10 Å². The zero-order valence-corrected chi connectivity index (χ0v) is 12.8. The van der Waals surface area contributed by atoms with Crippen LogP contribution >= 0.6 is 0 Å². The lowest BCUT2D eigenvalue weighted by molar-refractivity contribution is 0.612. The molecule has 0 unspecified atom stereocenters. The van der Waals surface area contributed by atoms with Crippen molar-refractivity contribution in [1.29, 1.82) is 0 Å². The van der Waals surface area contributed by atoms with Gasteiger partial charge in [0.05, 0.1) is 11.1 Å². The van der Waals surface area contributed by atoms with Crippen molar-refractivity contribution in [2.24, 2.45) is 5.92 Å². The summed E-state index contributed by atoms with van der Waals surface area (Å²) >= 11 is 0.